The van der Waals surface area contributed by atoms with E-state index in [0.29, 0.717) is 12.3 Å². The summed E-state index contributed by atoms with van der Waals surface area (Å²) < 4.78 is 18.5. The molecule has 5 nitrogen and oxygen atoms in total. The molecule has 1 aliphatic rings. The second-order valence-corrected chi connectivity index (χ2v) is 7.17. The first-order valence-electron chi connectivity index (χ1n) is 9.77. The smallest absolute Gasteiger partial charge is 0.260 e. The Kier molecular flexibility index (Phi) is 6.87. The monoisotopic (exact) mass is 385 g/mol. The van der Waals surface area contributed by atoms with E-state index in [2.05, 4.69) is 46.3 Å². The van der Waals surface area contributed by atoms with Crippen LogP contribution in [0.1, 0.15) is 13.8 Å². The fourth-order valence-electron chi connectivity index (χ4n) is 3.35. The first-order chi connectivity index (χ1) is 13.5. The van der Waals surface area contributed by atoms with Crippen LogP contribution in [0.25, 0.3) is 0 Å². The summed E-state index contributed by atoms with van der Waals surface area (Å²) in [5, 5.41) is 2.96. The second kappa shape index (κ2) is 9.55. The molecule has 0 saturated carbocycles. The molecule has 0 aliphatic carbocycles. The van der Waals surface area contributed by atoms with Gasteiger partial charge in [0, 0.05) is 44.5 Å². The number of rotatable bonds is 7. The fraction of sp³-hybridized carbons (Fsp3) is 0.409. The highest BCUT2D eigenvalue weighted by atomic mass is 19.1. The highest BCUT2D eigenvalue weighted by Gasteiger charge is 2.22. The number of carbonyl (C=O) groups is 1. The number of hydrogen-bond acceptors (Lipinski definition) is 4. The van der Waals surface area contributed by atoms with Gasteiger partial charge < -0.3 is 15.0 Å². The maximum atomic E-state index is 12.9. The van der Waals surface area contributed by atoms with Crippen LogP contribution in [-0.4, -0.2) is 55.7 Å². The largest absolute Gasteiger partial charge is 0.481 e. The first-order valence-corrected chi connectivity index (χ1v) is 9.77. The zero-order valence-corrected chi connectivity index (χ0v) is 16.5. The molecule has 1 aliphatic heterocycles. The summed E-state index contributed by atoms with van der Waals surface area (Å²) in [6, 6.07) is 16.4. The average molecular weight is 385 g/mol. The van der Waals surface area contributed by atoms with Gasteiger partial charge in [0.05, 0.1) is 0 Å². The number of benzene rings is 2. The van der Waals surface area contributed by atoms with Gasteiger partial charge in [-0.2, -0.15) is 0 Å². The Hall–Kier alpha value is -2.60. The summed E-state index contributed by atoms with van der Waals surface area (Å²) in [7, 11) is 0. The lowest BCUT2D eigenvalue weighted by atomic mass is 10.2. The number of para-hydroxylation sites is 1. The molecule has 2 atom stereocenters. The molecule has 2 aromatic rings. The molecule has 0 radical (unpaired) electrons. The molecule has 1 amide bonds. The lowest BCUT2D eigenvalue weighted by Gasteiger charge is -2.39. The van der Waals surface area contributed by atoms with Crippen molar-refractivity contribution in [3.05, 3.63) is 60.4 Å². The Morgan fingerprint density at radius 3 is 2.32 bits per heavy atom. The molecular formula is C22H28FN3O2. The van der Waals surface area contributed by atoms with Gasteiger partial charge in [-0.15, -0.1) is 0 Å². The van der Waals surface area contributed by atoms with E-state index in [9.17, 15) is 9.18 Å². The van der Waals surface area contributed by atoms with Crippen molar-refractivity contribution in [2.75, 3.05) is 37.6 Å². The molecule has 3 rings (SSSR count). The predicted molar refractivity (Wildman–Crippen MR) is 109 cm³/mol. The number of nitrogens with one attached hydrogen (secondary N) is 1. The topological polar surface area (TPSA) is 44.8 Å². The van der Waals surface area contributed by atoms with Crippen LogP contribution >= 0.6 is 0 Å². The second-order valence-electron chi connectivity index (χ2n) is 7.17. The minimum absolute atomic E-state index is 0.168. The van der Waals surface area contributed by atoms with Crippen LogP contribution in [0.2, 0.25) is 0 Å². The Bertz CT molecular complexity index is 746. The molecule has 1 saturated heterocycles. The van der Waals surface area contributed by atoms with Gasteiger partial charge in [0.2, 0.25) is 0 Å². The van der Waals surface area contributed by atoms with Crippen LogP contribution in [-0.2, 0) is 4.79 Å². The van der Waals surface area contributed by atoms with E-state index in [1.807, 2.05) is 6.07 Å². The van der Waals surface area contributed by atoms with Crippen molar-refractivity contribution >= 4 is 11.6 Å². The molecule has 0 spiro atoms. The number of piperazine rings is 1. The molecule has 6 heteroatoms. The zero-order valence-electron chi connectivity index (χ0n) is 16.5. The van der Waals surface area contributed by atoms with Crippen LogP contribution in [0.15, 0.2) is 54.6 Å². The summed E-state index contributed by atoms with van der Waals surface area (Å²) in [6.07, 6.45) is -0.632. The molecule has 0 unspecified atom stereocenters. The Morgan fingerprint density at radius 1 is 1.04 bits per heavy atom. The van der Waals surface area contributed by atoms with Gasteiger partial charge in [-0.1, -0.05) is 18.2 Å². The number of nitrogens with zero attached hydrogens (tertiary/aromatic N) is 2. The van der Waals surface area contributed by atoms with Crippen LogP contribution < -0.4 is 15.0 Å². The lowest BCUT2D eigenvalue weighted by Crippen LogP contribution is -2.53. The zero-order chi connectivity index (χ0) is 19.9. The Labute approximate surface area is 166 Å². The van der Waals surface area contributed by atoms with E-state index in [1.165, 1.54) is 30.0 Å². The van der Waals surface area contributed by atoms with E-state index >= 15 is 0 Å². The summed E-state index contributed by atoms with van der Waals surface area (Å²) in [6.45, 7) is 8.28. The summed E-state index contributed by atoms with van der Waals surface area (Å²) in [5.41, 5.74) is 1.26. The van der Waals surface area contributed by atoms with E-state index in [1.54, 1.807) is 6.92 Å². The van der Waals surface area contributed by atoms with Crippen molar-refractivity contribution in [3.8, 4) is 5.75 Å². The minimum atomic E-state index is -0.632. The number of ether oxygens (including phenoxy) is 1. The van der Waals surface area contributed by atoms with Crippen LogP contribution in [0.4, 0.5) is 10.1 Å². The van der Waals surface area contributed by atoms with Crippen molar-refractivity contribution in [2.24, 2.45) is 0 Å². The van der Waals surface area contributed by atoms with Crippen LogP contribution in [0.3, 0.4) is 0 Å². The van der Waals surface area contributed by atoms with Gasteiger partial charge in [-0.25, -0.2) is 4.39 Å². The third kappa shape index (κ3) is 5.45. The third-order valence-electron chi connectivity index (χ3n) is 5.13. The van der Waals surface area contributed by atoms with Gasteiger partial charge in [0.1, 0.15) is 11.6 Å². The number of amides is 1. The standard InChI is InChI=1S/C22H28FN3O2/c1-17(25-12-14-26(15-13-25)20-6-4-3-5-7-20)16-24-22(27)18(2)28-21-10-8-19(23)9-11-21/h3-11,17-18H,12-16H2,1-2H3,(H,24,27)/t17-,18-/m0/s1. The van der Waals surface area contributed by atoms with Gasteiger partial charge in [-0.05, 0) is 50.2 Å². The molecule has 0 aromatic heterocycles. The molecular weight excluding hydrogens is 357 g/mol. The van der Waals surface area contributed by atoms with Gasteiger partial charge in [-0.3, -0.25) is 9.69 Å². The Balaban J connectivity index is 1.40. The van der Waals surface area contributed by atoms with Gasteiger partial charge in [0.25, 0.3) is 5.91 Å². The van der Waals surface area contributed by atoms with E-state index in [-0.39, 0.29) is 17.8 Å². The molecule has 1 fully saturated rings. The van der Waals surface area contributed by atoms with Crippen molar-refractivity contribution in [1.82, 2.24) is 10.2 Å². The molecule has 0 bridgehead atoms. The SMILES string of the molecule is C[C@H](Oc1ccc(F)cc1)C(=O)NC[C@H](C)N1CCN(c2ccccc2)CC1. The Morgan fingerprint density at radius 2 is 1.68 bits per heavy atom. The van der Waals surface area contributed by atoms with E-state index in [4.69, 9.17) is 4.74 Å². The fourth-order valence-corrected chi connectivity index (χ4v) is 3.35. The van der Waals surface area contributed by atoms with Crippen LogP contribution in [0, 0.1) is 5.82 Å². The number of hydrogen-bond donors (Lipinski definition) is 1. The molecule has 2 aromatic carbocycles. The first kappa shape index (κ1) is 20.1. The molecule has 28 heavy (non-hydrogen) atoms. The number of carbonyl (C=O) groups excluding carboxylic acids is 1. The number of halogens is 1. The normalized spacial score (nSPS) is 17.0. The molecule has 150 valence electrons. The summed E-state index contributed by atoms with van der Waals surface area (Å²) >= 11 is 0. The minimum Gasteiger partial charge on any atom is -0.481 e. The number of anilines is 1. The highest BCUT2D eigenvalue weighted by molar-refractivity contribution is 5.80. The summed E-state index contributed by atoms with van der Waals surface area (Å²) in [5.74, 6) is -0.0149. The van der Waals surface area contributed by atoms with Crippen molar-refractivity contribution < 1.29 is 13.9 Å². The molecule has 1 N–H and O–H groups in total. The van der Waals surface area contributed by atoms with Crippen molar-refractivity contribution in [1.29, 1.82) is 0 Å². The predicted octanol–water partition coefficient (Wildman–Crippen LogP) is 2.92. The van der Waals surface area contributed by atoms with Crippen molar-refractivity contribution in [3.63, 3.8) is 0 Å². The quantitative estimate of drug-likeness (QED) is 0.796. The maximum Gasteiger partial charge on any atom is 0.260 e. The summed E-state index contributed by atoms with van der Waals surface area (Å²) in [4.78, 5) is 17.1. The van der Waals surface area contributed by atoms with Gasteiger partial charge in [0.15, 0.2) is 6.10 Å². The van der Waals surface area contributed by atoms with Crippen LogP contribution in [0.5, 0.6) is 5.75 Å². The maximum absolute atomic E-state index is 12.9. The highest BCUT2D eigenvalue weighted by Crippen LogP contribution is 2.16. The lowest BCUT2D eigenvalue weighted by molar-refractivity contribution is -0.127. The average Bonchev–Trinajstić information content (AvgIpc) is 2.74. The van der Waals surface area contributed by atoms with Gasteiger partial charge >= 0.3 is 0 Å². The van der Waals surface area contributed by atoms with Crippen molar-refractivity contribution in [2.45, 2.75) is 26.0 Å². The third-order valence-corrected chi connectivity index (χ3v) is 5.13. The van der Waals surface area contributed by atoms with E-state index in [0.717, 1.165) is 26.2 Å². The molecule has 1 heterocycles. The van der Waals surface area contributed by atoms with E-state index < -0.39 is 6.10 Å².